The van der Waals surface area contributed by atoms with Gasteiger partial charge in [0.15, 0.2) is 0 Å². The van der Waals surface area contributed by atoms with Gasteiger partial charge >= 0.3 is 0 Å². The van der Waals surface area contributed by atoms with Crippen LogP contribution in [0.5, 0.6) is 5.75 Å². The standard InChI is InChI=1S/C13H15NO2/c1-10(2)12-3-5-13(6-4-12)15-8-11-7-14-16-9-11/h3-7,9-10H,8H2,1-2H3. The monoisotopic (exact) mass is 217 g/mol. The van der Waals surface area contributed by atoms with Gasteiger partial charge in [0.05, 0.1) is 6.20 Å². The van der Waals surface area contributed by atoms with Crippen LogP contribution in [0.1, 0.15) is 30.9 Å². The van der Waals surface area contributed by atoms with Crippen LogP contribution in [0, 0.1) is 0 Å². The quantitative estimate of drug-likeness (QED) is 0.787. The lowest BCUT2D eigenvalue weighted by Crippen LogP contribution is -1.94. The lowest BCUT2D eigenvalue weighted by Gasteiger charge is -2.07. The summed E-state index contributed by atoms with van der Waals surface area (Å²) in [6, 6.07) is 8.16. The van der Waals surface area contributed by atoms with E-state index in [1.165, 1.54) is 5.56 Å². The van der Waals surface area contributed by atoms with E-state index in [0.29, 0.717) is 12.5 Å². The van der Waals surface area contributed by atoms with E-state index in [-0.39, 0.29) is 0 Å². The first kappa shape index (κ1) is 10.7. The predicted molar refractivity (Wildman–Crippen MR) is 61.4 cm³/mol. The molecule has 16 heavy (non-hydrogen) atoms. The van der Waals surface area contributed by atoms with Crippen molar-refractivity contribution in [2.45, 2.75) is 26.4 Å². The molecule has 0 aliphatic rings. The smallest absolute Gasteiger partial charge is 0.130 e. The molecule has 1 aromatic heterocycles. The molecule has 0 spiro atoms. The molecule has 2 rings (SSSR count). The molecule has 0 amide bonds. The number of hydrogen-bond acceptors (Lipinski definition) is 3. The molecule has 0 saturated heterocycles. The minimum atomic E-state index is 0.491. The van der Waals surface area contributed by atoms with Crippen LogP contribution < -0.4 is 4.74 Å². The molecule has 0 saturated carbocycles. The molecule has 0 bridgehead atoms. The molecule has 0 aliphatic carbocycles. The van der Waals surface area contributed by atoms with Crippen LogP contribution in [-0.4, -0.2) is 5.16 Å². The molecular weight excluding hydrogens is 202 g/mol. The fourth-order valence-electron chi connectivity index (χ4n) is 1.41. The van der Waals surface area contributed by atoms with E-state index in [2.05, 4.69) is 31.1 Å². The fraction of sp³-hybridized carbons (Fsp3) is 0.308. The van der Waals surface area contributed by atoms with Crippen LogP contribution in [-0.2, 0) is 6.61 Å². The Labute approximate surface area is 95.0 Å². The predicted octanol–water partition coefficient (Wildman–Crippen LogP) is 3.38. The van der Waals surface area contributed by atoms with Gasteiger partial charge in [-0.1, -0.05) is 31.1 Å². The zero-order valence-electron chi connectivity index (χ0n) is 9.51. The molecule has 0 unspecified atom stereocenters. The molecular formula is C13H15NO2. The topological polar surface area (TPSA) is 35.3 Å². The van der Waals surface area contributed by atoms with E-state index >= 15 is 0 Å². The molecule has 1 heterocycles. The summed E-state index contributed by atoms with van der Waals surface area (Å²) in [7, 11) is 0. The summed E-state index contributed by atoms with van der Waals surface area (Å²) in [6.07, 6.45) is 3.24. The van der Waals surface area contributed by atoms with E-state index < -0.39 is 0 Å². The van der Waals surface area contributed by atoms with Crippen LogP contribution in [0.25, 0.3) is 0 Å². The van der Waals surface area contributed by atoms with E-state index in [1.54, 1.807) is 12.5 Å². The SMILES string of the molecule is CC(C)c1ccc(OCc2cnoc2)cc1. The lowest BCUT2D eigenvalue weighted by molar-refractivity contribution is 0.304. The molecule has 3 heteroatoms. The van der Waals surface area contributed by atoms with Gasteiger partial charge in [0.1, 0.15) is 18.6 Å². The molecule has 0 aliphatic heterocycles. The van der Waals surface area contributed by atoms with Crippen LogP contribution in [0.15, 0.2) is 41.2 Å². The molecule has 0 fully saturated rings. The van der Waals surface area contributed by atoms with Crippen molar-refractivity contribution >= 4 is 0 Å². The van der Waals surface area contributed by atoms with Gasteiger partial charge < -0.3 is 9.26 Å². The third kappa shape index (κ3) is 2.63. The first-order valence-corrected chi connectivity index (χ1v) is 5.36. The maximum Gasteiger partial charge on any atom is 0.130 e. The summed E-state index contributed by atoms with van der Waals surface area (Å²) >= 11 is 0. The van der Waals surface area contributed by atoms with Crippen molar-refractivity contribution in [2.75, 3.05) is 0 Å². The zero-order chi connectivity index (χ0) is 11.4. The van der Waals surface area contributed by atoms with E-state index in [0.717, 1.165) is 11.3 Å². The highest BCUT2D eigenvalue weighted by Gasteiger charge is 2.00. The van der Waals surface area contributed by atoms with Gasteiger partial charge in [0.2, 0.25) is 0 Å². The highest BCUT2D eigenvalue weighted by molar-refractivity contribution is 5.29. The van der Waals surface area contributed by atoms with Gasteiger partial charge in [-0.2, -0.15) is 0 Å². The highest BCUT2D eigenvalue weighted by Crippen LogP contribution is 2.19. The van der Waals surface area contributed by atoms with Crippen LogP contribution in [0.3, 0.4) is 0 Å². The largest absolute Gasteiger partial charge is 0.489 e. The molecule has 0 radical (unpaired) electrons. The van der Waals surface area contributed by atoms with Gasteiger partial charge in [-0.15, -0.1) is 0 Å². The third-order valence-electron chi connectivity index (χ3n) is 2.44. The van der Waals surface area contributed by atoms with Crippen molar-refractivity contribution in [2.24, 2.45) is 0 Å². The average Bonchev–Trinajstić information content (AvgIpc) is 2.80. The van der Waals surface area contributed by atoms with Crippen LogP contribution in [0.2, 0.25) is 0 Å². The Bertz CT molecular complexity index is 418. The third-order valence-corrected chi connectivity index (χ3v) is 2.44. The van der Waals surface area contributed by atoms with Crippen molar-refractivity contribution in [1.82, 2.24) is 5.16 Å². The summed E-state index contributed by atoms with van der Waals surface area (Å²) in [6.45, 7) is 4.84. The molecule has 1 aromatic carbocycles. The van der Waals surface area contributed by atoms with Gasteiger partial charge in [-0.05, 0) is 23.6 Å². The van der Waals surface area contributed by atoms with Crippen LogP contribution >= 0.6 is 0 Å². The fourth-order valence-corrected chi connectivity index (χ4v) is 1.41. The molecule has 3 nitrogen and oxygen atoms in total. The Morgan fingerprint density at radius 2 is 2.00 bits per heavy atom. The summed E-state index contributed by atoms with van der Waals surface area (Å²) < 4.78 is 10.3. The Morgan fingerprint density at radius 3 is 2.56 bits per heavy atom. The van der Waals surface area contributed by atoms with Crippen molar-refractivity contribution in [1.29, 1.82) is 0 Å². The highest BCUT2D eigenvalue weighted by atomic mass is 16.5. The Kier molecular flexibility index (Phi) is 3.25. The van der Waals surface area contributed by atoms with Crippen molar-refractivity contribution in [3.8, 4) is 5.75 Å². The van der Waals surface area contributed by atoms with Crippen LogP contribution in [0.4, 0.5) is 0 Å². The van der Waals surface area contributed by atoms with Gasteiger partial charge in [0.25, 0.3) is 0 Å². The van der Waals surface area contributed by atoms with Gasteiger partial charge in [-0.25, -0.2) is 0 Å². The Hall–Kier alpha value is -1.77. The number of nitrogens with zero attached hydrogens (tertiary/aromatic N) is 1. The Balaban J connectivity index is 1.95. The number of aromatic nitrogens is 1. The maximum absolute atomic E-state index is 5.59. The molecule has 0 atom stereocenters. The normalized spacial score (nSPS) is 10.7. The van der Waals surface area contributed by atoms with Crippen molar-refractivity contribution in [3.05, 3.63) is 47.9 Å². The maximum atomic E-state index is 5.59. The van der Waals surface area contributed by atoms with E-state index in [4.69, 9.17) is 9.26 Å². The molecule has 84 valence electrons. The average molecular weight is 217 g/mol. The minimum absolute atomic E-state index is 0.491. The molecule has 2 aromatic rings. The minimum Gasteiger partial charge on any atom is -0.489 e. The second-order valence-electron chi connectivity index (χ2n) is 4.05. The number of hydrogen-bond donors (Lipinski definition) is 0. The van der Waals surface area contributed by atoms with E-state index in [9.17, 15) is 0 Å². The summed E-state index contributed by atoms with van der Waals surface area (Å²) in [4.78, 5) is 0. The number of ether oxygens (including phenoxy) is 1. The Morgan fingerprint density at radius 1 is 1.25 bits per heavy atom. The lowest BCUT2D eigenvalue weighted by atomic mass is 10.0. The first-order chi connectivity index (χ1) is 7.75. The first-order valence-electron chi connectivity index (χ1n) is 5.36. The van der Waals surface area contributed by atoms with Gasteiger partial charge in [0, 0.05) is 5.56 Å². The second kappa shape index (κ2) is 4.84. The van der Waals surface area contributed by atoms with Crippen molar-refractivity contribution in [3.63, 3.8) is 0 Å². The molecule has 0 N–H and O–H groups in total. The van der Waals surface area contributed by atoms with Gasteiger partial charge in [-0.3, -0.25) is 0 Å². The van der Waals surface area contributed by atoms with Crippen molar-refractivity contribution < 1.29 is 9.26 Å². The van der Waals surface area contributed by atoms with E-state index in [1.807, 2.05) is 12.1 Å². The summed E-state index contributed by atoms with van der Waals surface area (Å²) in [5.41, 5.74) is 2.25. The number of rotatable bonds is 4. The zero-order valence-corrected chi connectivity index (χ0v) is 9.51. The summed E-state index contributed by atoms with van der Waals surface area (Å²) in [5, 5.41) is 3.62. The second-order valence-corrected chi connectivity index (χ2v) is 4.05. The number of benzene rings is 1. The summed E-state index contributed by atoms with van der Waals surface area (Å²) in [5.74, 6) is 1.41.